The van der Waals surface area contributed by atoms with Gasteiger partial charge in [-0.1, -0.05) is 6.58 Å². The molecule has 0 atom stereocenters. The van der Waals surface area contributed by atoms with E-state index in [0.29, 0.717) is 0 Å². The fraction of sp³-hybridized carbons (Fsp3) is 0.375. The minimum absolute atomic E-state index is 0.0439. The van der Waals surface area contributed by atoms with Gasteiger partial charge >= 0.3 is 11.9 Å². The first-order chi connectivity index (χ1) is 10.5. The highest BCUT2D eigenvalue weighted by molar-refractivity contribution is 5.91. The Morgan fingerprint density at radius 2 is 1.70 bits per heavy atom. The number of rotatable bonds is 6. The van der Waals surface area contributed by atoms with Gasteiger partial charge in [0.1, 0.15) is 5.60 Å². The number of phenols is 3. The number of esters is 2. The van der Waals surface area contributed by atoms with Crippen LogP contribution in [0.3, 0.4) is 0 Å². The number of aromatic hydroxyl groups is 3. The lowest BCUT2D eigenvalue weighted by Gasteiger charge is -2.25. The number of phenolic OH excluding ortho intramolecular Hbond substituents is 3. The monoisotopic (exact) mass is 324 g/mol. The fourth-order valence-corrected chi connectivity index (χ4v) is 1.58. The zero-order chi connectivity index (χ0) is 17.8. The minimum atomic E-state index is -0.852. The van der Waals surface area contributed by atoms with E-state index in [0.717, 1.165) is 12.1 Å². The molecule has 0 aliphatic heterocycles. The molecule has 7 nitrogen and oxygen atoms in total. The van der Waals surface area contributed by atoms with E-state index in [2.05, 4.69) is 6.58 Å². The maximum atomic E-state index is 11.8. The van der Waals surface area contributed by atoms with E-state index >= 15 is 0 Å². The molecule has 0 fully saturated rings. The molecule has 0 saturated heterocycles. The first-order valence-corrected chi connectivity index (χ1v) is 6.84. The van der Waals surface area contributed by atoms with Gasteiger partial charge in [-0.15, -0.1) is 0 Å². The molecule has 0 heterocycles. The summed E-state index contributed by atoms with van der Waals surface area (Å²) >= 11 is 0. The van der Waals surface area contributed by atoms with Gasteiger partial charge in [-0.25, -0.2) is 9.59 Å². The van der Waals surface area contributed by atoms with Crippen LogP contribution in [0.4, 0.5) is 0 Å². The van der Waals surface area contributed by atoms with E-state index in [-0.39, 0.29) is 24.2 Å². The van der Waals surface area contributed by atoms with Crippen molar-refractivity contribution in [2.45, 2.75) is 32.8 Å². The van der Waals surface area contributed by atoms with Gasteiger partial charge in [0.25, 0.3) is 0 Å². The highest BCUT2D eigenvalue weighted by atomic mass is 16.6. The molecule has 7 heteroatoms. The van der Waals surface area contributed by atoms with E-state index in [1.165, 1.54) is 6.92 Å². The lowest BCUT2D eigenvalue weighted by Crippen LogP contribution is -2.30. The van der Waals surface area contributed by atoms with Crippen LogP contribution < -0.4 is 0 Å². The van der Waals surface area contributed by atoms with Crippen molar-refractivity contribution in [3.05, 3.63) is 29.8 Å². The van der Waals surface area contributed by atoms with E-state index < -0.39 is 34.8 Å². The van der Waals surface area contributed by atoms with Crippen LogP contribution in [0.1, 0.15) is 37.6 Å². The minimum Gasteiger partial charge on any atom is -0.504 e. The van der Waals surface area contributed by atoms with Gasteiger partial charge in [0.2, 0.25) is 0 Å². The molecule has 0 aliphatic rings. The summed E-state index contributed by atoms with van der Waals surface area (Å²) in [6, 6.07) is 1.95. The Morgan fingerprint density at radius 1 is 1.17 bits per heavy atom. The Kier molecular flexibility index (Phi) is 5.62. The summed E-state index contributed by atoms with van der Waals surface area (Å²) < 4.78 is 10.2. The summed E-state index contributed by atoms with van der Waals surface area (Å²) in [7, 11) is 0. The zero-order valence-electron chi connectivity index (χ0n) is 13.3. The van der Waals surface area contributed by atoms with Crippen molar-refractivity contribution < 1.29 is 34.4 Å². The SMILES string of the molecule is C=C(C)C(=O)OC(C)(C)CCOC(=O)c1cc(O)c(O)c(O)c1. The normalized spacial score (nSPS) is 10.9. The lowest BCUT2D eigenvalue weighted by atomic mass is 10.1. The first kappa shape index (κ1) is 18.3. The van der Waals surface area contributed by atoms with Crippen LogP contribution >= 0.6 is 0 Å². The van der Waals surface area contributed by atoms with Crippen LogP contribution in [0, 0.1) is 0 Å². The van der Waals surface area contributed by atoms with Gasteiger partial charge in [-0.2, -0.15) is 0 Å². The van der Waals surface area contributed by atoms with Crippen LogP contribution in [0.5, 0.6) is 17.2 Å². The van der Waals surface area contributed by atoms with Gasteiger partial charge in [-0.05, 0) is 32.9 Å². The Labute approximate surface area is 133 Å². The van der Waals surface area contributed by atoms with E-state index in [9.17, 15) is 24.9 Å². The van der Waals surface area contributed by atoms with Gasteiger partial charge in [0.15, 0.2) is 17.2 Å². The summed E-state index contributed by atoms with van der Waals surface area (Å²) in [6.07, 6.45) is 0.244. The molecule has 0 radical (unpaired) electrons. The zero-order valence-corrected chi connectivity index (χ0v) is 13.3. The maximum absolute atomic E-state index is 11.8. The summed E-state index contributed by atoms with van der Waals surface area (Å²) in [5.41, 5.74) is -0.699. The van der Waals surface area contributed by atoms with Crippen molar-refractivity contribution in [1.29, 1.82) is 0 Å². The van der Waals surface area contributed by atoms with Crippen LogP contribution in [-0.2, 0) is 14.3 Å². The summed E-state index contributed by atoms with van der Waals surface area (Å²) in [5, 5.41) is 27.9. The molecule has 3 N–H and O–H groups in total. The predicted octanol–water partition coefficient (Wildman–Crippen LogP) is 2.25. The third-order valence-corrected chi connectivity index (χ3v) is 2.96. The van der Waals surface area contributed by atoms with E-state index in [4.69, 9.17) is 9.47 Å². The van der Waals surface area contributed by atoms with Crippen LogP contribution in [0.2, 0.25) is 0 Å². The average Bonchev–Trinajstić information content (AvgIpc) is 2.43. The molecule has 1 rings (SSSR count). The summed E-state index contributed by atoms with van der Waals surface area (Å²) in [4.78, 5) is 23.3. The number of hydrogen-bond acceptors (Lipinski definition) is 7. The molecule has 1 aromatic rings. The molecule has 1 aromatic carbocycles. The number of carbonyl (C=O) groups is 2. The number of carbonyl (C=O) groups excluding carboxylic acids is 2. The molecule has 23 heavy (non-hydrogen) atoms. The highest BCUT2D eigenvalue weighted by Gasteiger charge is 2.24. The third kappa shape index (κ3) is 5.21. The van der Waals surface area contributed by atoms with E-state index in [1.54, 1.807) is 13.8 Å². The van der Waals surface area contributed by atoms with Gasteiger partial charge in [-0.3, -0.25) is 0 Å². The Bertz CT molecular complexity index is 608. The molecule has 0 saturated carbocycles. The van der Waals surface area contributed by atoms with E-state index in [1.807, 2.05) is 0 Å². The second kappa shape index (κ2) is 7.04. The molecule has 0 aromatic heterocycles. The van der Waals surface area contributed by atoms with Gasteiger partial charge in [0, 0.05) is 12.0 Å². The van der Waals surface area contributed by atoms with Crippen molar-refractivity contribution in [2.24, 2.45) is 0 Å². The molecule has 0 aliphatic carbocycles. The third-order valence-electron chi connectivity index (χ3n) is 2.96. The van der Waals surface area contributed by atoms with Crippen molar-refractivity contribution in [3.8, 4) is 17.2 Å². The highest BCUT2D eigenvalue weighted by Crippen LogP contribution is 2.35. The molecule has 0 amide bonds. The van der Waals surface area contributed by atoms with Crippen molar-refractivity contribution in [2.75, 3.05) is 6.61 Å². The quantitative estimate of drug-likeness (QED) is 0.418. The number of hydrogen-bond donors (Lipinski definition) is 3. The number of benzene rings is 1. The van der Waals surface area contributed by atoms with Crippen molar-refractivity contribution >= 4 is 11.9 Å². The van der Waals surface area contributed by atoms with Gasteiger partial charge < -0.3 is 24.8 Å². The van der Waals surface area contributed by atoms with Crippen LogP contribution in [0.15, 0.2) is 24.3 Å². The second-order valence-electron chi connectivity index (χ2n) is 5.68. The topological polar surface area (TPSA) is 113 Å². The predicted molar refractivity (Wildman–Crippen MR) is 81.3 cm³/mol. The Morgan fingerprint density at radius 3 is 2.17 bits per heavy atom. The van der Waals surface area contributed by atoms with Crippen molar-refractivity contribution in [1.82, 2.24) is 0 Å². The molecular formula is C16H20O7. The molecule has 0 unspecified atom stereocenters. The van der Waals surface area contributed by atoms with Crippen LogP contribution in [0.25, 0.3) is 0 Å². The first-order valence-electron chi connectivity index (χ1n) is 6.84. The maximum Gasteiger partial charge on any atom is 0.338 e. The molecule has 0 spiro atoms. The lowest BCUT2D eigenvalue weighted by molar-refractivity contribution is -0.152. The Hall–Kier alpha value is -2.70. The summed E-state index contributed by atoms with van der Waals surface area (Å²) in [5.74, 6) is -3.30. The number of ether oxygens (including phenoxy) is 2. The average molecular weight is 324 g/mol. The standard InChI is InChI=1S/C16H20O7/c1-9(2)14(20)23-16(3,4)5-6-22-15(21)10-7-11(17)13(19)12(18)8-10/h7-8,17-19H,1,5-6H2,2-4H3. The largest absolute Gasteiger partial charge is 0.504 e. The fourth-order valence-electron chi connectivity index (χ4n) is 1.58. The molecular weight excluding hydrogens is 304 g/mol. The smallest absolute Gasteiger partial charge is 0.338 e. The van der Waals surface area contributed by atoms with Gasteiger partial charge in [0.05, 0.1) is 12.2 Å². The molecule has 126 valence electrons. The summed E-state index contributed by atoms with van der Waals surface area (Å²) in [6.45, 7) is 8.30. The second-order valence-corrected chi connectivity index (χ2v) is 5.68. The molecule has 0 bridgehead atoms. The van der Waals surface area contributed by atoms with Crippen molar-refractivity contribution in [3.63, 3.8) is 0 Å². The Balaban J connectivity index is 2.60. The van der Waals surface area contributed by atoms with Crippen LogP contribution in [-0.4, -0.2) is 39.5 Å².